The molecule has 1 heterocycles. The summed E-state index contributed by atoms with van der Waals surface area (Å²) in [4.78, 5) is 9.48. The van der Waals surface area contributed by atoms with Crippen LogP contribution < -0.4 is 15.9 Å². The normalized spacial score (nSPS) is 16.7. The lowest BCUT2D eigenvalue weighted by Crippen LogP contribution is -2.36. The van der Waals surface area contributed by atoms with E-state index in [1.807, 2.05) is 24.3 Å². The van der Waals surface area contributed by atoms with E-state index in [1.165, 1.54) is 24.8 Å². The fourth-order valence-electron chi connectivity index (χ4n) is 5.11. The van der Waals surface area contributed by atoms with Gasteiger partial charge in [0, 0.05) is 16.5 Å². The summed E-state index contributed by atoms with van der Waals surface area (Å²) in [6, 6.07) is 16.2. The summed E-state index contributed by atoms with van der Waals surface area (Å²) in [7, 11) is 1.65. The molecule has 31 heavy (non-hydrogen) atoms. The molecule has 3 aromatic rings. The molecule has 0 saturated heterocycles. The fourth-order valence-corrected chi connectivity index (χ4v) is 5.11. The van der Waals surface area contributed by atoms with E-state index in [2.05, 4.69) is 39.8 Å². The topological polar surface area (TPSA) is 85.4 Å². The van der Waals surface area contributed by atoms with Crippen molar-refractivity contribution in [3.05, 3.63) is 65.2 Å². The molecule has 0 atom stereocenters. The van der Waals surface area contributed by atoms with E-state index in [1.54, 1.807) is 13.3 Å². The largest absolute Gasteiger partial charge is 0.497 e. The molecule has 2 aromatic carbocycles. The van der Waals surface area contributed by atoms with Gasteiger partial charge in [-0.3, -0.25) is 0 Å². The van der Waals surface area contributed by atoms with Crippen molar-refractivity contribution < 1.29 is 4.74 Å². The predicted octanol–water partition coefficient (Wildman–Crippen LogP) is 4.94. The Morgan fingerprint density at radius 1 is 1.03 bits per heavy atom. The van der Waals surface area contributed by atoms with Crippen LogP contribution in [0.5, 0.6) is 5.75 Å². The molecule has 1 saturated carbocycles. The van der Waals surface area contributed by atoms with Gasteiger partial charge < -0.3 is 10.5 Å². The van der Waals surface area contributed by atoms with Crippen molar-refractivity contribution in [3.63, 3.8) is 0 Å². The van der Waals surface area contributed by atoms with Gasteiger partial charge in [0.2, 0.25) is 5.95 Å². The third-order valence-electron chi connectivity index (χ3n) is 6.57. The first-order valence-corrected chi connectivity index (χ1v) is 10.9. The molecule has 1 fully saturated rings. The molecule has 2 aliphatic rings. The molecule has 1 aromatic heterocycles. The zero-order valence-corrected chi connectivity index (χ0v) is 17.8. The number of nitrogens with one attached hydrogen (secondary N) is 1. The maximum Gasteiger partial charge on any atom is 0.246 e. The minimum Gasteiger partial charge on any atom is -0.497 e. The molecule has 158 valence electrons. The van der Waals surface area contributed by atoms with Crippen LogP contribution in [0.25, 0.3) is 11.3 Å². The highest BCUT2D eigenvalue weighted by atomic mass is 16.5. The van der Waals surface area contributed by atoms with Crippen molar-refractivity contribution in [2.75, 3.05) is 18.3 Å². The SMILES string of the molecule is COc1ccc(C=NNc2nc(N)c3c(n2)-c2ccccc2CC32CCCCC2)cc1. The van der Waals surface area contributed by atoms with Crippen molar-refractivity contribution in [1.82, 2.24) is 9.97 Å². The Morgan fingerprint density at radius 3 is 2.58 bits per heavy atom. The number of nitrogens with zero attached hydrogens (tertiary/aromatic N) is 3. The summed E-state index contributed by atoms with van der Waals surface area (Å²) >= 11 is 0. The standard InChI is InChI=1S/C25H27N5O/c1-31-19-11-9-17(10-12-19)16-27-30-24-28-22-20-8-4-3-7-18(20)15-25(13-5-2-6-14-25)21(22)23(26)29-24/h3-4,7-12,16H,2,5-6,13-15H2,1H3,(H3,26,28,29,30). The first-order valence-electron chi connectivity index (χ1n) is 10.9. The van der Waals surface area contributed by atoms with Crippen molar-refractivity contribution in [2.24, 2.45) is 5.10 Å². The number of hydrogen-bond acceptors (Lipinski definition) is 6. The van der Waals surface area contributed by atoms with Crippen LogP contribution in [0, 0.1) is 0 Å². The first kappa shape index (κ1) is 19.5. The fraction of sp³-hybridized carbons (Fsp3) is 0.320. The molecule has 0 unspecified atom stereocenters. The number of ether oxygens (including phenoxy) is 1. The second-order valence-corrected chi connectivity index (χ2v) is 8.47. The van der Waals surface area contributed by atoms with Gasteiger partial charge in [-0.15, -0.1) is 0 Å². The van der Waals surface area contributed by atoms with Crippen LogP contribution in [0.15, 0.2) is 53.6 Å². The van der Waals surface area contributed by atoms with E-state index < -0.39 is 0 Å². The van der Waals surface area contributed by atoms with Gasteiger partial charge in [0.25, 0.3) is 0 Å². The van der Waals surface area contributed by atoms with E-state index in [0.29, 0.717) is 11.8 Å². The van der Waals surface area contributed by atoms with Gasteiger partial charge >= 0.3 is 0 Å². The van der Waals surface area contributed by atoms with Crippen LogP contribution in [0.4, 0.5) is 11.8 Å². The lowest BCUT2D eigenvalue weighted by Gasteiger charge is -2.42. The van der Waals surface area contributed by atoms with Gasteiger partial charge in [0.05, 0.1) is 19.0 Å². The zero-order chi connectivity index (χ0) is 21.3. The number of hydrogen-bond donors (Lipinski definition) is 2. The Kier molecular flexibility index (Phi) is 5.06. The highest BCUT2D eigenvalue weighted by molar-refractivity contribution is 5.80. The van der Waals surface area contributed by atoms with E-state index in [-0.39, 0.29) is 5.41 Å². The number of fused-ring (bicyclic) bond motifs is 4. The summed E-state index contributed by atoms with van der Waals surface area (Å²) in [5.41, 5.74) is 15.1. The molecular weight excluding hydrogens is 386 g/mol. The van der Waals surface area contributed by atoms with Crippen LogP contribution in [-0.2, 0) is 11.8 Å². The number of nitrogens with two attached hydrogens (primary N) is 1. The van der Waals surface area contributed by atoms with Gasteiger partial charge in [-0.1, -0.05) is 43.5 Å². The quantitative estimate of drug-likeness (QED) is 0.467. The molecule has 0 amide bonds. The lowest BCUT2D eigenvalue weighted by molar-refractivity contribution is 0.288. The highest BCUT2D eigenvalue weighted by Gasteiger charge is 2.42. The molecule has 6 heteroatoms. The summed E-state index contributed by atoms with van der Waals surface area (Å²) in [6.45, 7) is 0. The van der Waals surface area contributed by atoms with Crippen molar-refractivity contribution in [3.8, 4) is 17.0 Å². The van der Waals surface area contributed by atoms with Gasteiger partial charge in [-0.2, -0.15) is 10.1 Å². The van der Waals surface area contributed by atoms with Crippen LogP contribution >= 0.6 is 0 Å². The smallest absolute Gasteiger partial charge is 0.246 e. The molecular formula is C25H27N5O. The lowest BCUT2D eigenvalue weighted by atomic mass is 9.62. The molecule has 2 aliphatic carbocycles. The monoisotopic (exact) mass is 413 g/mol. The molecule has 0 bridgehead atoms. The maximum absolute atomic E-state index is 6.56. The average Bonchev–Trinajstić information content (AvgIpc) is 2.80. The number of nitrogen functional groups attached to an aromatic ring is 1. The zero-order valence-electron chi connectivity index (χ0n) is 17.8. The molecule has 6 nitrogen and oxygen atoms in total. The third-order valence-corrected chi connectivity index (χ3v) is 6.57. The summed E-state index contributed by atoms with van der Waals surface area (Å²) in [5.74, 6) is 1.80. The van der Waals surface area contributed by atoms with Crippen LogP contribution in [0.3, 0.4) is 0 Å². The van der Waals surface area contributed by atoms with Crippen molar-refractivity contribution >= 4 is 18.0 Å². The predicted molar refractivity (Wildman–Crippen MR) is 125 cm³/mol. The maximum atomic E-state index is 6.56. The van der Waals surface area contributed by atoms with E-state index in [4.69, 9.17) is 15.5 Å². The van der Waals surface area contributed by atoms with E-state index in [0.717, 1.165) is 47.4 Å². The number of anilines is 2. The van der Waals surface area contributed by atoms with Crippen molar-refractivity contribution in [2.45, 2.75) is 43.9 Å². The first-order chi connectivity index (χ1) is 15.2. The highest BCUT2D eigenvalue weighted by Crippen LogP contribution is 2.51. The Morgan fingerprint density at radius 2 is 1.81 bits per heavy atom. The Hall–Kier alpha value is -3.41. The Labute approximate surface area is 182 Å². The van der Waals surface area contributed by atoms with Gasteiger partial charge in [0.1, 0.15) is 11.6 Å². The molecule has 0 radical (unpaired) electrons. The van der Waals surface area contributed by atoms with Crippen LogP contribution in [-0.4, -0.2) is 23.3 Å². The summed E-state index contributed by atoms with van der Waals surface area (Å²) in [6.07, 6.45) is 8.79. The minimum atomic E-state index is 0.0525. The van der Waals surface area contributed by atoms with Gasteiger partial charge in [-0.05, 0) is 54.7 Å². The number of aromatic nitrogens is 2. The van der Waals surface area contributed by atoms with Crippen LogP contribution in [0.2, 0.25) is 0 Å². The number of methoxy groups -OCH3 is 1. The van der Waals surface area contributed by atoms with Crippen LogP contribution in [0.1, 0.15) is 48.8 Å². The Balaban J connectivity index is 1.49. The van der Waals surface area contributed by atoms with Gasteiger partial charge in [-0.25, -0.2) is 10.4 Å². The van der Waals surface area contributed by atoms with E-state index >= 15 is 0 Å². The van der Waals surface area contributed by atoms with Crippen molar-refractivity contribution in [1.29, 1.82) is 0 Å². The minimum absolute atomic E-state index is 0.0525. The third kappa shape index (κ3) is 3.63. The summed E-state index contributed by atoms with van der Waals surface area (Å²) < 4.78 is 5.19. The molecule has 3 N–H and O–H groups in total. The second-order valence-electron chi connectivity index (χ2n) is 8.47. The summed E-state index contributed by atoms with van der Waals surface area (Å²) in [5, 5.41) is 4.32. The second kappa shape index (κ2) is 8.02. The molecule has 5 rings (SSSR count). The molecule has 1 spiro atoms. The molecule has 0 aliphatic heterocycles. The number of benzene rings is 2. The number of hydrazone groups is 1. The van der Waals surface area contributed by atoms with Gasteiger partial charge in [0.15, 0.2) is 0 Å². The number of rotatable bonds is 4. The van der Waals surface area contributed by atoms with E-state index in [9.17, 15) is 0 Å². The Bertz CT molecular complexity index is 1120. The average molecular weight is 414 g/mol.